The Bertz CT molecular complexity index is 417. The maximum Gasteiger partial charge on any atom is 0.134 e. The molecule has 3 nitrogen and oxygen atoms in total. The molecule has 0 atom stereocenters. The molecule has 0 bridgehead atoms. The number of nitrogens with two attached hydrogens (primary N) is 1. The molecule has 0 unspecified atom stereocenters. The Morgan fingerprint density at radius 2 is 2.12 bits per heavy atom. The molecule has 0 spiro atoms. The van der Waals surface area contributed by atoms with Crippen molar-refractivity contribution in [3.05, 3.63) is 36.1 Å². The smallest absolute Gasteiger partial charge is 0.134 e. The summed E-state index contributed by atoms with van der Waals surface area (Å²) in [5.74, 6) is 1.01. The van der Waals surface area contributed by atoms with E-state index in [0.29, 0.717) is 0 Å². The summed E-state index contributed by atoms with van der Waals surface area (Å²) in [4.78, 5) is 2.23. The third-order valence-electron chi connectivity index (χ3n) is 2.65. The molecule has 0 saturated heterocycles. The van der Waals surface area contributed by atoms with E-state index in [2.05, 4.69) is 24.1 Å². The van der Waals surface area contributed by atoms with Crippen molar-refractivity contribution < 1.29 is 4.42 Å². The van der Waals surface area contributed by atoms with Crippen LogP contribution in [0.2, 0.25) is 0 Å². The van der Waals surface area contributed by atoms with Crippen LogP contribution in [0.3, 0.4) is 0 Å². The van der Waals surface area contributed by atoms with Gasteiger partial charge in [-0.25, -0.2) is 0 Å². The monoisotopic (exact) mass is 218 g/mol. The predicted molar refractivity (Wildman–Crippen MR) is 66.2 cm³/mol. The second kappa shape index (κ2) is 5.14. The van der Waals surface area contributed by atoms with E-state index in [9.17, 15) is 0 Å². The summed E-state index contributed by atoms with van der Waals surface area (Å²) in [6, 6.07) is 10.2. The fraction of sp³-hybridized carbons (Fsp3) is 0.385. The van der Waals surface area contributed by atoms with Crippen LogP contribution in [0, 0.1) is 0 Å². The minimum absolute atomic E-state index is 0.741. The fourth-order valence-electron chi connectivity index (χ4n) is 1.82. The zero-order chi connectivity index (χ0) is 11.4. The quantitative estimate of drug-likeness (QED) is 0.836. The largest absolute Gasteiger partial charge is 0.460 e. The van der Waals surface area contributed by atoms with Crippen molar-refractivity contribution in [2.24, 2.45) is 5.73 Å². The first-order chi connectivity index (χ1) is 7.79. The molecular weight excluding hydrogens is 200 g/mol. The molecule has 1 heterocycles. The van der Waals surface area contributed by atoms with Gasteiger partial charge in [0.15, 0.2) is 0 Å². The normalized spacial score (nSPS) is 11.4. The molecule has 1 aromatic heterocycles. The lowest BCUT2D eigenvalue weighted by atomic mass is 10.2. The molecule has 2 aromatic rings. The first-order valence-corrected chi connectivity index (χ1v) is 5.65. The molecule has 86 valence electrons. The Hall–Kier alpha value is -1.32. The summed E-state index contributed by atoms with van der Waals surface area (Å²) in [6.07, 6.45) is 1.02. The zero-order valence-electron chi connectivity index (χ0n) is 9.65. The van der Waals surface area contributed by atoms with Crippen LogP contribution in [-0.4, -0.2) is 25.0 Å². The van der Waals surface area contributed by atoms with Crippen molar-refractivity contribution >= 4 is 11.0 Å². The highest BCUT2D eigenvalue weighted by Gasteiger charge is 2.05. The number of rotatable bonds is 5. The van der Waals surface area contributed by atoms with Crippen LogP contribution in [0.15, 0.2) is 34.7 Å². The number of fused-ring (bicyclic) bond motifs is 1. The Balaban J connectivity index is 2.03. The van der Waals surface area contributed by atoms with Gasteiger partial charge in [-0.1, -0.05) is 18.2 Å². The molecule has 1 aromatic carbocycles. The summed E-state index contributed by atoms with van der Waals surface area (Å²) in [6.45, 7) is 2.59. The first-order valence-electron chi connectivity index (χ1n) is 5.65. The van der Waals surface area contributed by atoms with E-state index in [1.807, 2.05) is 18.2 Å². The SMILES string of the molecule is CN(CCCN)Cc1cc2ccccc2o1. The third-order valence-corrected chi connectivity index (χ3v) is 2.65. The van der Waals surface area contributed by atoms with Gasteiger partial charge in [-0.15, -0.1) is 0 Å². The Kier molecular flexibility index (Phi) is 3.59. The van der Waals surface area contributed by atoms with Gasteiger partial charge < -0.3 is 10.2 Å². The van der Waals surface area contributed by atoms with Crippen LogP contribution in [0.4, 0.5) is 0 Å². The van der Waals surface area contributed by atoms with E-state index in [1.165, 1.54) is 5.39 Å². The number of benzene rings is 1. The summed E-state index contributed by atoms with van der Waals surface area (Å²) in [5, 5.41) is 1.17. The van der Waals surface area contributed by atoms with Crippen molar-refractivity contribution in [3.8, 4) is 0 Å². The van der Waals surface area contributed by atoms with Gasteiger partial charge in [-0.3, -0.25) is 4.90 Å². The molecule has 3 heteroatoms. The van der Waals surface area contributed by atoms with Crippen LogP contribution >= 0.6 is 0 Å². The highest BCUT2D eigenvalue weighted by Crippen LogP contribution is 2.19. The second-order valence-electron chi connectivity index (χ2n) is 4.13. The molecule has 0 radical (unpaired) electrons. The molecule has 0 fully saturated rings. The van der Waals surface area contributed by atoms with Crippen molar-refractivity contribution in [3.63, 3.8) is 0 Å². The van der Waals surface area contributed by atoms with Gasteiger partial charge in [0.2, 0.25) is 0 Å². The van der Waals surface area contributed by atoms with Gasteiger partial charge >= 0.3 is 0 Å². The number of nitrogens with zero attached hydrogens (tertiary/aromatic N) is 1. The van der Waals surface area contributed by atoms with Crippen molar-refractivity contribution in [2.45, 2.75) is 13.0 Å². The number of hydrogen-bond acceptors (Lipinski definition) is 3. The van der Waals surface area contributed by atoms with Crippen LogP contribution in [0.25, 0.3) is 11.0 Å². The minimum Gasteiger partial charge on any atom is -0.460 e. The lowest BCUT2D eigenvalue weighted by Crippen LogP contribution is -2.20. The van der Waals surface area contributed by atoms with Gasteiger partial charge in [0.1, 0.15) is 11.3 Å². The van der Waals surface area contributed by atoms with E-state index in [-0.39, 0.29) is 0 Å². The topological polar surface area (TPSA) is 42.4 Å². The third kappa shape index (κ3) is 2.62. The molecule has 2 rings (SSSR count). The van der Waals surface area contributed by atoms with Crippen molar-refractivity contribution in [1.82, 2.24) is 4.90 Å². The number of furan rings is 1. The number of hydrogen-bond donors (Lipinski definition) is 1. The molecule has 0 aliphatic heterocycles. The van der Waals surface area contributed by atoms with Gasteiger partial charge in [0.05, 0.1) is 6.54 Å². The van der Waals surface area contributed by atoms with E-state index in [0.717, 1.165) is 37.4 Å². The highest BCUT2D eigenvalue weighted by atomic mass is 16.3. The molecule has 0 saturated carbocycles. The average molecular weight is 218 g/mol. The Morgan fingerprint density at radius 3 is 2.88 bits per heavy atom. The summed E-state index contributed by atoms with van der Waals surface area (Å²) >= 11 is 0. The lowest BCUT2D eigenvalue weighted by molar-refractivity contribution is 0.297. The maximum atomic E-state index is 5.75. The minimum atomic E-state index is 0.741. The van der Waals surface area contributed by atoms with Gasteiger partial charge in [-0.05, 0) is 38.7 Å². The van der Waals surface area contributed by atoms with Gasteiger partial charge in [-0.2, -0.15) is 0 Å². The van der Waals surface area contributed by atoms with E-state index < -0.39 is 0 Å². The highest BCUT2D eigenvalue weighted by molar-refractivity contribution is 5.77. The molecule has 0 amide bonds. The van der Waals surface area contributed by atoms with Crippen molar-refractivity contribution in [1.29, 1.82) is 0 Å². The lowest BCUT2D eigenvalue weighted by Gasteiger charge is -2.13. The van der Waals surface area contributed by atoms with Crippen LogP contribution < -0.4 is 5.73 Å². The average Bonchev–Trinajstić information content (AvgIpc) is 2.68. The van der Waals surface area contributed by atoms with Crippen LogP contribution in [0.5, 0.6) is 0 Å². The van der Waals surface area contributed by atoms with Gasteiger partial charge in [0.25, 0.3) is 0 Å². The van der Waals surface area contributed by atoms with Gasteiger partial charge in [0, 0.05) is 5.39 Å². The molecule has 0 aliphatic carbocycles. The van der Waals surface area contributed by atoms with E-state index in [1.54, 1.807) is 0 Å². The maximum absolute atomic E-state index is 5.75. The standard InChI is InChI=1S/C13H18N2O/c1-15(8-4-7-14)10-12-9-11-5-2-3-6-13(11)16-12/h2-3,5-6,9H,4,7-8,10,14H2,1H3. The molecule has 2 N–H and O–H groups in total. The summed E-state index contributed by atoms with van der Waals surface area (Å²) in [5.41, 5.74) is 6.44. The molecule has 16 heavy (non-hydrogen) atoms. The summed E-state index contributed by atoms with van der Waals surface area (Å²) < 4.78 is 5.75. The molecular formula is C13H18N2O. The van der Waals surface area contributed by atoms with E-state index in [4.69, 9.17) is 10.2 Å². The van der Waals surface area contributed by atoms with Crippen LogP contribution in [0.1, 0.15) is 12.2 Å². The zero-order valence-corrected chi connectivity index (χ0v) is 9.65. The Morgan fingerprint density at radius 1 is 1.31 bits per heavy atom. The Labute approximate surface area is 95.8 Å². The number of para-hydroxylation sites is 1. The summed E-state index contributed by atoms with van der Waals surface area (Å²) in [7, 11) is 2.09. The van der Waals surface area contributed by atoms with E-state index >= 15 is 0 Å². The first kappa shape index (κ1) is 11.2. The van der Waals surface area contributed by atoms with Crippen molar-refractivity contribution in [2.75, 3.05) is 20.1 Å². The fourth-order valence-corrected chi connectivity index (χ4v) is 1.82. The van der Waals surface area contributed by atoms with Crippen LogP contribution in [-0.2, 0) is 6.54 Å². The second-order valence-corrected chi connectivity index (χ2v) is 4.13. The molecule has 0 aliphatic rings. The predicted octanol–water partition coefficient (Wildman–Crippen LogP) is 2.21.